The van der Waals surface area contributed by atoms with Crippen LogP contribution in [0.25, 0.3) is 0 Å². The molecule has 1 aliphatic heterocycles. The maximum Gasteiger partial charge on any atom is 0.260 e. The van der Waals surface area contributed by atoms with Gasteiger partial charge in [-0.05, 0) is 6.92 Å². The summed E-state index contributed by atoms with van der Waals surface area (Å²) in [6, 6.07) is 0. The van der Waals surface area contributed by atoms with Crippen LogP contribution in [0.15, 0.2) is 4.52 Å². The third kappa shape index (κ3) is 1.58. The lowest BCUT2D eigenvalue weighted by Crippen LogP contribution is -2.52. The van der Waals surface area contributed by atoms with Gasteiger partial charge in [0, 0.05) is 5.41 Å². The number of carbonyl (C=O) groups excluding carboxylic acids is 1. The van der Waals surface area contributed by atoms with Crippen molar-refractivity contribution in [2.75, 3.05) is 5.32 Å². The third-order valence-electron chi connectivity index (χ3n) is 2.51. The fraction of sp³-hybridized carbons (Fsp3) is 0.600. The molecule has 1 atom stereocenters. The molecule has 0 fully saturated rings. The van der Waals surface area contributed by atoms with Crippen molar-refractivity contribution in [3.63, 3.8) is 0 Å². The lowest BCUT2D eigenvalue weighted by molar-refractivity contribution is 0.0901. The Morgan fingerprint density at radius 1 is 1.33 bits per heavy atom. The van der Waals surface area contributed by atoms with Crippen molar-refractivity contribution in [1.82, 2.24) is 10.5 Å². The Bertz CT molecular complexity index is 403. The largest absolute Gasteiger partial charge is 0.338 e. The number of nitrogens with zero attached hydrogens (tertiary/aromatic N) is 1. The minimum atomic E-state index is -0.134. The first-order valence-corrected chi connectivity index (χ1v) is 4.93. The molecule has 0 spiro atoms. The summed E-state index contributed by atoms with van der Waals surface area (Å²) in [6.45, 7) is 7.87. The molecule has 0 aromatic carbocycles. The number of aromatic nitrogens is 1. The molecule has 2 N–H and O–H groups in total. The molecular weight excluding hydrogens is 194 g/mol. The van der Waals surface area contributed by atoms with Gasteiger partial charge in [0.15, 0.2) is 0 Å². The number of anilines is 1. The highest BCUT2D eigenvalue weighted by molar-refractivity contribution is 6.01. The van der Waals surface area contributed by atoms with E-state index in [0.717, 1.165) is 0 Å². The van der Waals surface area contributed by atoms with Crippen molar-refractivity contribution in [1.29, 1.82) is 0 Å². The maximum atomic E-state index is 11.8. The van der Waals surface area contributed by atoms with E-state index in [1.54, 1.807) is 6.92 Å². The number of hydrogen-bond donors (Lipinski definition) is 2. The number of aryl methyl sites for hydroxylation is 1. The first-order valence-electron chi connectivity index (χ1n) is 4.93. The molecule has 15 heavy (non-hydrogen) atoms. The van der Waals surface area contributed by atoms with Crippen molar-refractivity contribution >= 4 is 11.8 Å². The summed E-state index contributed by atoms with van der Waals surface area (Å²) in [6.07, 6.45) is -0.134. The highest BCUT2D eigenvalue weighted by Gasteiger charge is 2.35. The molecule has 1 aromatic heterocycles. The Kier molecular flexibility index (Phi) is 1.99. The summed E-state index contributed by atoms with van der Waals surface area (Å²) in [4.78, 5) is 11.8. The minimum Gasteiger partial charge on any atom is -0.338 e. The smallest absolute Gasteiger partial charge is 0.260 e. The topological polar surface area (TPSA) is 67.2 Å². The molecule has 2 rings (SSSR count). The average molecular weight is 209 g/mol. The van der Waals surface area contributed by atoms with Gasteiger partial charge in [-0.1, -0.05) is 25.9 Å². The highest BCUT2D eigenvalue weighted by atomic mass is 16.5. The van der Waals surface area contributed by atoms with Gasteiger partial charge in [0.2, 0.25) is 5.88 Å². The van der Waals surface area contributed by atoms with Crippen molar-refractivity contribution in [2.45, 2.75) is 33.9 Å². The molecule has 1 unspecified atom stereocenters. The second-order valence-corrected chi connectivity index (χ2v) is 4.89. The molecule has 5 heteroatoms. The normalized spacial score (nSPS) is 20.5. The Morgan fingerprint density at radius 3 is 2.60 bits per heavy atom. The molecule has 1 aliphatic rings. The zero-order valence-electron chi connectivity index (χ0n) is 9.34. The van der Waals surface area contributed by atoms with Gasteiger partial charge in [-0.15, -0.1) is 0 Å². The summed E-state index contributed by atoms with van der Waals surface area (Å²) in [5.41, 5.74) is 1.05. The minimum absolute atomic E-state index is 0.0754. The number of amides is 1. The average Bonchev–Trinajstić information content (AvgIpc) is 2.46. The Hall–Kier alpha value is -1.52. The van der Waals surface area contributed by atoms with Crippen LogP contribution in [0.3, 0.4) is 0 Å². The molecule has 2 heterocycles. The van der Waals surface area contributed by atoms with E-state index in [4.69, 9.17) is 4.52 Å². The molecule has 0 saturated heterocycles. The van der Waals surface area contributed by atoms with Gasteiger partial charge in [-0.3, -0.25) is 4.79 Å². The van der Waals surface area contributed by atoms with Crippen LogP contribution in [0.2, 0.25) is 0 Å². The van der Waals surface area contributed by atoms with E-state index in [0.29, 0.717) is 17.1 Å². The van der Waals surface area contributed by atoms with Gasteiger partial charge in [-0.2, -0.15) is 0 Å². The molecule has 1 amide bonds. The van der Waals surface area contributed by atoms with Gasteiger partial charge >= 0.3 is 0 Å². The van der Waals surface area contributed by atoms with E-state index in [9.17, 15) is 4.79 Å². The molecule has 5 nitrogen and oxygen atoms in total. The summed E-state index contributed by atoms with van der Waals surface area (Å²) in [5.74, 6) is 0.346. The predicted octanol–water partition coefficient (Wildman–Crippen LogP) is 1.51. The van der Waals surface area contributed by atoms with Gasteiger partial charge < -0.3 is 15.2 Å². The molecule has 0 bridgehead atoms. The molecule has 0 saturated carbocycles. The second kappa shape index (κ2) is 2.98. The Morgan fingerprint density at radius 2 is 2.00 bits per heavy atom. The fourth-order valence-corrected chi connectivity index (χ4v) is 1.54. The number of fused-ring (bicyclic) bond motifs is 1. The van der Waals surface area contributed by atoms with Crippen molar-refractivity contribution in [2.24, 2.45) is 5.41 Å². The van der Waals surface area contributed by atoms with Crippen LogP contribution < -0.4 is 10.6 Å². The van der Waals surface area contributed by atoms with Gasteiger partial charge in [0.05, 0.1) is 5.69 Å². The molecule has 1 aromatic rings. The Labute approximate surface area is 88.2 Å². The van der Waals surface area contributed by atoms with Crippen molar-refractivity contribution < 1.29 is 9.32 Å². The van der Waals surface area contributed by atoms with Crippen molar-refractivity contribution in [3.05, 3.63) is 11.3 Å². The molecule has 82 valence electrons. The quantitative estimate of drug-likeness (QED) is 0.679. The van der Waals surface area contributed by atoms with Crippen LogP contribution in [0, 0.1) is 12.3 Å². The van der Waals surface area contributed by atoms with Gasteiger partial charge in [0.25, 0.3) is 5.91 Å². The Balaban J connectivity index is 2.36. The molecule has 0 aliphatic carbocycles. The van der Waals surface area contributed by atoms with E-state index < -0.39 is 0 Å². The fourth-order valence-electron chi connectivity index (χ4n) is 1.54. The van der Waals surface area contributed by atoms with Crippen LogP contribution in [0.4, 0.5) is 5.88 Å². The van der Waals surface area contributed by atoms with Crippen LogP contribution in [0.5, 0.6) is 0 Å². The van der Waals surface area contributed by atoms with Crippen LogP contribution in [0.1, 0.15) is 36.8 Å². The lowest BCUT2D eigenvalue weighted by Gasteiger charge is -2.34. The van der Waals surface area contributed by atoms with E-state index in [2.05, 4.69) is 15.8 Å². The van der Waals surface area contributed by atoms with Crippen LogP contribution in [-0.4, -0.2) is 17.2 Å². The van der Waals surface area contributed by atoms with Crippen LogP contribution >= 0.6 is 0 Å². The summed E-state index contributed by atoms with van der Waals surface area (Å²) < 4.78 is 5.06. The zero-order valence-corrected chi connectivity index (χ0v) is 9.34. The number of nitrogens with one attached hydrogen (secondary N) is 2. The number of carbonyl (C=O) groups is 1. The third-order valence-corrected chi connectivity index (χ3v) is 2.51. The van der Waals surface area contributed by atoms with E-state index >= 15 is 0 Å². The standard InChI is InChI=1S/C10H15N3O2/c1-5-6-7(14)11-9(10(2,3)4)12-8(6)15-13-5/h9,12H,1-4H3,(H,11,14). The monoisotopic (exact) mass is 209 g/mol. The number of hydrogen-bond acceptors (Lipinski definition) is 4. The van der Waals surface area contributed by atoms with E-state index in [-0.39, 0.29) is 17.5 Å². The SMILES string of the molecule is Cc1noc2c1C(=O)NC(C(C)(C)C)N2. The van der Waals surface area contributed by atoms with E-state index in [1.165, 1.54) is 0 Å². The van der Waals surface area contributed by atoms with E-state index in [1.807, 2.05) is 20.8 Å². The molecule has 0 radical (unpaired) electrons. The lowest BCUT2D eigenvalue weighted by atomic mass is 9.91. The first-order chi connectivity index (χ1) is 6.89. The number of rotatable bonds is 0. The summed E-state index contributed by atoms with van der Waals surface area (Å²) in [5, 5.41) is 9.78. The predicted molar refractivity (Wildman–Crippen MR) is 55.6 cm³/mol. The van der Waals surface area contributed by atoms with Crippen LogP contribution in [-0.2, 0) is 0 Å². The highest BCUT2D eigenvalue weighted by Crippen LogP contribution is 2.29. The molecular formula is C10H15N3O2. The summed E-state index contributed by atoms with van der Waals surface area (Å²) in [7, 11) is 0. The zero-order chi connectivity index (χ0) is 11.2. The van der Waals surface area contributed by atoms with Gasteiger partial charge in [-0.25, -0.2) is 0 Å². The maximum absolute atomic E-state index is 11.8. The van der Waals surface area contributed by atoms with Gasteiger partial charge in [0.1, 0.15) is 11.7 Å². The summed E-state index contributed by atoms with van der Waals surface area (Å²) >= 11 is 0. The van der Waals surface area contributed by atoms with Crippen molar-refractivity contribution in [3.8, 4) is 0 Å². The second-order valence-electron chi connectivity index (χ2n) is 4.89. The first kappa shape index (κ1) is 10.0.